The number of aliphatic hydroxyl groups is 7. The van der Waals surface area contributed by atoms with Crippen molar-refractivity contribution in [1.29, 1.82) is 0 Å². The molecule has 9 unspecified atom stereocenters. The summed E-state index contributed by atoms with van der Waals surface area (Å²) in [4.78, 5) is 13.2. The second-order valence-corrected chi connectivity index (χ2v) is 21.4. The average molecular weight is 1020 g/mol. The summed E-state index contributed by atoms with van der Waals surface area (Å²) >= 11 is 0. The highest BCUT2D eigenvalue weighted by atomic mass is 16.7. The fourth-order valence-electron chi connectivity index (χ4n) is 9.78. The van der Waals surface area contributed by atoms with Gasteiger partial charge in [-0.3, -0.25) is 4.79 Å². The molecule has 0 radical (unpaired) electrons. The monoisotopic (exact) mass is 1020 g/mol. The zero-order valence-corrected chi connectivity index (χ0v) is 46.4. The van der Waals surface area contributed by atoms with Crippen LogP contribution in [0.1, 0.15) is 277 Å². The number of carbonyl (C=O) groups is 1. The number of hydrogen-bond acceptors (Lipinski definition) is 10. The van der Waals surface area contributed by atoms with E-state index in [9.17, 15) is 40.5 Å². The van der Waals surface area contributed by atoms with Gasteiger partial charge in [-0.1, -0.05) is 256 Å². The highest BCUT2D eigenvalue weighted by Crippen LogP contribution is 2.23. The lowest BCUT2D eigenvalue weighted by molar-refractivity contribution is -0.303. The first-order chi connectivity index (χ1) is 35.2. The maximum atomic E-state index is 13.2. The van der Waals surface area contributed by atoms with Crippen LogP contribution < -0.4 is 5.32 Å². The van der Waals surface area contributed by atoms with Crippen LogP contribution in [0.25, 0.3) is 0 Å². The second-order valence-electron chi connectivity index (χ2n) is 21.4. The third-order valence-corrected chi connectivity index (χ3v) is 14.7. The minimum absolute atomic E-state index is 0.241. The van der Waals surface area contributed by atoms with Crippen LogP contribution in [0.15, 0.2) is 36.5 Å². The van der Waals surface area contributed by atoms with Gasteiger partial charge in [0.2, 0.25) is 5.91 Å². The number of nitrogens with one attached hydrogen (secondary N) is 1. The van der Waals surface area contributed by atoms with E-state index >= 15 is 0 Å². The Morgan fingerprint density at radius 1 is 0.486 bits per heavy atom. The quantitative estimate of drug-likeness (QED) is 0.0215. The van der Waals surface area contributed by atoms with Gasteiger partial charge in [-0.25, -0.2) is 0 Å². The number of unbranched alkanes of at least 4 members (excludes halogenated alkanes) is 34. The summed E-state index contributed by atoms with van der Waals surface area (Å²) in [7, 11) is 0. The van der Waals surface area contributed by atoms with E-state index in [-0.39, 0.29) is 12.8 Å². The molecule has 9 atom stereocenters. The van der Waals surface area contributed by atoms with Crippen LogP contribution in [0.3, 0.4) is 0 Å². The van der Waals surface area contributed by atoms with Crippen molar-refractivity contribution in [2.45, 2.75) is 332 Å². The van der Waals surface area contributed by atoms with E-state index < -0.39 is 74.2 Å². The predicted molar refractivity (Wildman–Crippen MR) is 298 cm³/mol. The Morgan fingerprint density at radius 2 is 0.861 bits per heavy atom. The summed E-state index contributed by atoms with van der Waals surface area (Å²) in [6.07, 6.45) is 51.0. The van der Waals surface area contributed by atoms with Gasteiger partial charge in [0.15, 0.2) is 6.29 Å². The molecule has 72 heavy (non-hydrogen) atoms. The van der Waals surface area contributed by atoms with Crippen LogP contribution in [0.2, 0.25) is 0 Å². The molecule has 0 saturated carbocycles. The molecule has 0 aromatic heterocycles. The molecule has 0 bridgehead atoms. The molecule has 424 valence electrons. The smallest absolute Gasteiger partial charge is 0.249 e. The standard InChI is InChI=1S/C61H115NO10/c1-3-5-7-9-11-13-15-17-18-19-20-21-22-23-24-25-26-27-28-29-30-31-32-33-34-35-37-39-41-43-45-47-49-54(65)60(70)62-52(51-71-61-59(69)58(68)57(67)55(50-63)72-61)56(66)53(64)48-46-44-42-40-38-36-16-14-12-10-8-6-4-2/h6,8,14,16,40,42,52-59,61,63-69H,3-5,7,9-13,15,17-39,41,43-51H2,1-2H3,(H,62,70)/b8-6+,16-14+,42-40+. The van der Waals surface area contributed by atoms with E-state index in [1.165, 1.54) is 180 Å². The number of ether oxygens (including phenoxy) is 2. The molecular weight excluding hydrogens is 907 g/mol. The third-order valence-electron chi connectivity index (χ3n) is 14.7. The predicted octanol–water partition coefficient (Wildman–Crippen LogP) is 13.1. The molecule has 1 aliphatic rings. The summed E-state index contributed by atoms with van der Waals surface area (Å²) in [6.45, 7) is 3.34. The molecule has 1 aliphatic heterocycles. The SMILES string of the molecule is CC/C=C/CC/C=C/CC/C=C/CCCC(O)C(O)C(COC1OC(CO)C(O)C(O)C1O)NC(=O)C(O)CCCCCCCCCCCCCCCCCCCCCCCCCCCCCCCCCC. The maximum absolute atomic E-state index is 13.2. The van der Waals surface area contributed by atoms with Crippen LogP contribution in [0, 0.1) is 0 Å². The Hall–Kier alpha value is -1.67. The van der Waals surface area contributed by atoms with E-state index in [4.69, 9.17) is 9.47 Å². The van der Waals surface area contributed by atoms with Gasteiger partial charge in [0.25, 0.3) is 0 Å². The van der Waals surface area contributed by atoms with Crippen LogP contribution in [-0.4, -0.2) is 110 Å². The molecule has 0 aromatic carbocycles. The Bertz CT molecular complexity index is 1260. The minimum atomic E-state index is -1.67. The molecule has 1 heterocycles. The van der Waals surface area contributed by atoms with Gasteiger partial charge in [0.05, 0.1) is 25.4 Å². The third kappa shape index (κ3) is 38.0. The summed E-state index contributed by atoms with van der Waals surface area (Å²) < 4.78 is 11.1. The van der Waals surface area contributed by atoms with Crippen molar-refractivity contribution in [3.05, 3.63) is 36.5 Å². The Balaban J connectivity index is 2.18. The Labute approximate surface area is 441 Å². The average Bonchev–Trinajstić information content (AvgIpc) is 3.38. The summed E-state index contributed by atoms with van der Waals surface area (Å²) in [5, 5.41) is 76.0. The normalized spacial score (nSPS) is 20.3. The maximum Gasteiger partial charge on any atom is 0.249 e. The largest absolute Gasteiger partial charge is 0.394 e. The molecule has 0 aliphatic carbocycles. The second kappa shape index (κ2) is 50.2. The fourth-order valence-corrected chi connectivity index (χ4v) is 9.78. The van der Waals surface area contributed by atoms with E-state index in [1.807, 2.05) is 0 Å². The van der Waals surface area contributed by atoms with Crippen LogP contribution in [0.4, 0.5) is 0 Å². The lowest BCUT2D eigenvalue weighted by Crippen LogP contribution is -2.60. The molecule has 0 spiro atoms. The molecular formula is C61H115NO10. The van der Waals surface area contributed by atoms with E-state index in [2.05, 4.69) is 55.6 Å². The lowest BCUT2D eigenvalue weighted by atomic mass is 9.98. The first kappa shape index (κ1) is 68.3. The Kier molecular flexibility index (Phi) is 47.6. The molecule has 0 aromatic rings. The zero-order valence-electron chi connectivity index (χ0n) is 46.4. The van der Waals surface area contributed by atoms with Crippen molar-refractivity contribution in [1.82, 2.24) is 5.32 Å². The van der Waals surface area contributed by atoms with Crippen molar-refractivity contribution in [3.8, 4) is 0 Å². The van der Waals surface area contributed by atoms with Gasteiger partial charge >= 0.3 is 0 Å². The number of amides is 1. The zero-order chi connectivity index (χ0) is 52.5. The summed E-state index contributed by atoms with van der Waals surface area (Å²) in [6, 6.07) is -1.19. The summed E-state index contributed by atoms with van der Waals surface area (Å²) in [5.41, 5.74) is 0. The van der Waals surface area contributed by atoms with Gasteiger partial charge in [0.1, 0.15) is 36.6 Å². The van der Waals surface area contributed by atoms with Crippen molar-refractivity contribution in [2.75, 3.05) is 13.2 Å². The molecule has 1 amide bonds. The molecule has 11 heteroatoms. The van der Waals surface area contributed by atoms with Crippen molar-refractivity contribution >= 4 is 5.91 Å². The van der Waals surface area contributed by atoms with Gasteiger partial charge in [0, 0.05) is 0 Å². The number of allylic oxidation sites excluding steroid dienone is 6. The number of hydrogen-bond donors (Lipinski definition) is 8. The molecule has 8 N–H and O–H groups in total. The number of carbonyl (C=O) groups excluding carboxylic acids is 1. The lowest BCUT2D eigenvalue weighted by Gasteiger charge is -2.40. The van der Waals surface area contributed by atoms with E-state index in [1.54, 1.807) is 0 Å². The highest BCUT2D eigenvalue weighted by Gasteiger charge is 2.44. The molecule has 1 fully saturated rings. The first-order valence-electron chi connectivity index (χ1n) is 30.4. The van der Waals surface area contributed by atoms with Gasteiger partial charge in [-0.15, -0.1) is 0 Å². The van der Waals surface area contributed by atoms with Gasteiger partial charge in [-0.05, 0) is 57.8 Å². The molecule has 1 saturated heterocycles. The van der Waals surface area contributed by atoms with Crippen molar-refractivity contribution < 1.29 is 50.0 Å². The van der Waals surface area contributed by atoms with Crippen LogP contribution in [0.5, 0.6) is 0 Å². The Morgan fingerprint density at radius 3 is 1.25 bits per heavy atom. The first-order valence-corrected chi connectivity index (χ1v) is 30.4. The van der Waals surface area contributed by atoms with Crippen LogP contribution >= 0.6 is 0 Å². The van der Waals surface area contributed by atoms with E-state index in [0.717, 1.165) is 51.4 Å². The summed E-state index contributed by atoms with van der Waals surface area (Å²) in [5.74, 6) is -0.709. The minimum Gasteiger partial charge on any atom is -0.394 e. The number of rotatable bonds is 52. The topological polar surface area (TPSA) is 189 Å². The van der Waals surface area contributed by atoms with Crippen molar-refractivity contribution in [2.24, 2.45) is 0 Å². The molecule has 1 rings (SSSR count). The highest BCUT2D eigenvalue weighted by molar-refractivity contribution is 5.80. The number of aliphatic hydroxyl groups excluding tert-OH is 7. The van der Waals surface area contributed by atoms with Crippen molar-refractivity contribution in [3.63, 3.8) is 0 Å². The molecule has 11 nitrogen and oxygen atoms in total. The van der Waals surface area contributed by atoms with Crippen LogP contribution in [-0.2, 0) is 14.3 Å². The van der Waals surface area contributed by atoms with E-state index in [0.29, 0.717) is 19.3 Å². The van der Waals surface area contributed by atoms with Gasteiger partial charge < -0.3 is 50.5 Å². The van der Waals surface area contributed by atoms with Gasteiger partial charge in [-0.2, -0.15) is 0 Å². The fraction of sp³-hybridized carbons (Fsp3) is 0.885.